The molecule has 1 heterocycles. The van der Waals surface area contributed by atoms with Crippen molar-refractivity contribution in [1.82, 2.24) is 5.32 Å². The predicted octanol–water partition coefficient (Wildman–Crippen LogP) is 6.49. The van der Waals surface area contributed by atoms with E-state index in [9.17, 15) is 14.4 Å². The van der Waals surface area contributed by atoms with E-state index < -0.39 is 17.5 Å². The van der Waals surface area contributed by atoms with E-state index in [1.54, 1.807) is 20.8 Å². The first kappa shape index (κ1) is 29.5. The number of hydrogen-bond acceptors (Lipinski definition) is 7. The Balaban J connectivity index is 1.98. The van der Waals surface area contributed by atoms with Gasteiger partial charge >= 0.3 is 18.0 Å². The molecule has 2 aromatic rings. The van der Waals surface area contributed by atoms with Crippen LogP contribution in [0.1, 0.15) is 82.0 Å². The Kier molecular flexibility index (Phi) is 9.82. The van der Waals surface area contributed by atoms with Crippen LogP contribution in [0.5, 0.6) is 5.75 Å². The molecule has 1 aromatic carbocycles. The molecule has 3 rings (SSSR count). The molecular formula is C29H40N2O6S. The van der Waals surface area contributed by atoms with Gasteiger partial charge in [-0.2, -0.15) is 0 Å². The SMILES string of the molecule is COC(=O)c1sc(-c2cccc(N(C(=O)NC(C)C)C3CCCCC3)c2)c(C)c1OCC(=O)OC(C)(C)C. The van der Waals surface area contributed by atoms with Gasteiger partial charge in [0.15, 0.2) is 11.5 Å². The minimum atomic E-state index is -0.646. The molecule has 9 heteroatoms. The number of rotatable bonds is 8. The zero-order valence-electron chi connectivity index (χ0n) is 23.5. The number of nitrogens with one attached hydrogen (secondary N) is 1. The van der Waals surface area contributed by atoms with Crippen molar-refractivity contribution < 1.29 is 28.6 Å². The average molecular weight is 545 g/mol. The Hall–Kier alpha value is -3.07. The van der Waals surface area contributed by atoms with Crippen LogP contribution in [0.25, 0.3) is 10.4 Å². The minimum absolute atomic E-state index is 0.0172. The van der Waals surface area contributed by atoms with Crippen molar-refractivity contribution in [3.05, 3.63) is 34.7 Å². The van der Waals surface area contributed by atoms with Crippen molar-refractivity contribution in [3.63, 3.8) is 0 Å². The van der Waals surface area contributed by atoms with Crippen LogP contribution in [0.3, 0.4) is 0 Å². The van der Waals surface area contributed by atoms with Crippen LogP contribution in [0, 0.1) is 6.92 Å². The minimum Gasteiger partial charge on any atom is -0.480 e. The summed E-state index contributed by atoms with van der Waals surface area (Å²) in [7, 11) is 1.31. The van der Waals surface area contributed by atoms with Gasteiger partial charge in [0.1, 0.15) is 11.4 Å². The van der Waals surface area contributed by atoms with E-state index in [0.717, 1.165) is 41.8 Å². The number of carbonyl (C=O) groups excluding carboxylic acids is 3. The third-order valence-corrected chi connectivity index (χ3v) is 7.48. The Morgan fingerprint density at radius 3 is 2.42 bits per heavy atom. The summed E-state index contributed by atoms with van der Waals surface area (Å²) in [6.45, 7) is 10.8. The number of urea groups is 1. The fraction of sp³-hybridized carbons (Fsp3) is 0.552. The van der Waals surface area contributed by atoms with Crippen LogP contribution in [0.2, 0.25) is 0 Å². The van der Waals surface area contributed by atoms with E-state index in [4.69, 9.17) is 14.2 Å². The second-order valence-corrected chi connectivity index (χ2v) is 11.9. The van der Waals surface area contributed by atoms with Crippen molar-refractivity contribution in [3.8, 4) is 16.2 Å². The van der Waals surface area contributed by atoms with Gasteiger partial charge in [-0.3, -0.25) is 4.90 Å². The number of carbonyl (C=O) groups is 3. The second kappa shape index (κ2) is 12.7. The molecule has 38 heavy (non-hydrogen) atoms. The predicted molar refractivity (Wildman–Crippen MR) is 150 cm³/mol. The Morgan fingerprint density at radius 1 is 1.13 bits per heavy atom. The number of methoxy groups -OCH3 is 1. The van der Waals surface area contributed by atoms with Crippen LogP contribution in [-0.2, 0) is 14.3 Å². The first-order valence-corrected chi connectivity index (χ1v) is 14.0. The van der Waals surface area contributed by atoms with Crippen LogP contribution in [0.4, 0.5) is 10.5 Å². The van der Waals surface area contributed by atoms with Crippen LogP contribution < -0.4 is 15.0 Å². The van der Waals surface area contributed by atoms with E-state index in [2.05, 4.69) is 5.32 Å². The lowest BCUT2D eigenvalue weighted by molar-refractivity contribution is -0.157. The number of ether oxygens (including phenoxy) is 3. The molecule has 1 fully saturated rings. The molecule has 1 N–H and O–H groups in total. The number of nitrogens with zero attached hydrogens (tertiary/aromatic N) is 1. The third kappa shape index (κ3) is 7.49. The summed E-state index contributed by atoms with van der Waals surface area (Å²) in [5.74, 6) is -0.767. The smallest absolute Gasteiger partial charge is 0.351 e. The zero-order chi connectivity index (χ0) is 28.0. The Morgan fingerprint density at radius 2 is 1.82 bits per heavy atom. The van der Waals surface area contributed by atoms with Crippen molar-refractivity contribution in [2.75, 3.05) is 18.6 Å². The molecule has 0 saturated heterocycles. The molecule has 0 unspecified atom stereocenters. The largest absolute Gasteiger partial charge is 0.480 e. The zero-order valence-corrected chi connectivity index (χ0v) is 24.3. The lowest BCUT2D eigenvalue weighted by atomic mass is 9.93. The number of amides is 2. The highest BCUT2D eigenvalue weighted by molar-refractivity contribution is 7.18. The maximum Gasteiger partial charge on any atom is 0.351 e. The van der Waals surface area contributed by atoms with Gasteiger partial charge in [0, 0.05) is 28.2 Å². The van der Waals surface area contributed by atoms with Crippen molar-refractivity contribution in [2.45, 2.75) is 91.3 Å². The van der Waals surface area contributed by atoms with Gasteiger partial charge in [-0.25, -0.2) is 14.4 Å². The quantitative estimate of drug-likeness (QED) is 0.382. The number of esters is 2. The summed E-state index contributed by atoms with van der Waals surface area (Å²) in [5.41, 5.74) is 1.72. The van der Waals surface area contributed by atoms with Gasteiger partial charge in [-0.05, 0) is 72.1 Å². The van der Waals surface area contributed by atoms with Crippen molar-refractivity contribution >= 4 is 35.0 Å². The molecule has 1 aliphatic carbocycles. The first-order chi connectivity index (χ1) is 17.9. The maximum absolute atomic E-state index is 13.3. The Bertz CT molecular complexity index is 1140. The van der Waals surface area contributed by atoms with Crippen molar-refractivity contribution in [1.29, 1.82) is 0 Å². The van der Waals surface area contributed by atoms with Gasteiger partial charge in [-0.1, -0.05) is 31.4 Å². The average Bonchev–Trinajstić information content (AvgIpc) is 3.18. The number of hydrogen-bond donors (Lipinski definition) is 1. The molecular weight excluding hydrogens is 504 g/mol. The summed E-state index contributed by atoms with van der Waals surface area (Å²) in [5, 5.41) is 3.05. The number of benzene rings is 1. The van der Waals surface area contributed by atoms with Gasteiger partial charge in [0.2, 0.25) is 0 Å². The number of thiophene rings is 1. The van der Waals surface area contributed by atoms with Crippen LogP contribution in [0.15, 0.2) is 24.3 Å². The van der Waals surface area contributed by atoms with Crippen LogP contribution >= 0.6 is 11.3 Å². The topological polar surface area (TPSA) is 94.2 Å². The third-order valence-electron chi connectivity index (χ3n) is 6.17. The summed E-state index contributed by atoms with van der Waals surface area (Å²) < 4.78 is 16.2. The number of anilines is 1. The van der Waals surface area contributed by atoms with Gasteiger partial charge in [0.25, 0.3) is 0 Å². The van der Waals surface area contributed by atoms with Crippen LogP contribution in [-0.4, -0.2) is 49.4 Å². The van der Waals surface area contributed by atoms with E-state index in [0.29, 0.717) is 11.3 Å². The highest BCUT2D eigenvalue weighted by Crippen LogP contribution is 2.43. The fourth-order valence-corrected chi connectivity index (χ4v) is 5.79. The summed E-state index contributed by atoms with van der Waals surface area (Å²) in [6, 6.07) is 7.82. The molecule has 208 valence electrons. The standard InChI is InChI=1S/C29H40N2O6S/c1-18(2)30-28(34)31(21-13-9-8-10-14-21)22-15-11-12-20(16-22)25-19(3)24(26(38-25)27(33)35-7)36-17-23(32)37-29(4,5)6/h11-12,15-16,18,21H,8-10,13-14,17H2,1-7H3,(H,30,34). The van der Waals surface area contributed by atoms with Gasteiger partial charge in [0.05, 0.1) is 7.11 Å². The van der Waals surface area contributed by atoms with Gasteiger partial charge in [-0.15, -0.1) is 11.3 Å². The molecule has 0 aliphatic heterocycles. The van der Waals surface area contributed by atoms with E-state index >= 15 is 0 Å². The summed E-state index contributed by atoms with van der Waals surface area (Å²) in [4.78, 5) is 41.1. The van der Waals surface area contributed by atoms with Gasteiger partial charge < -0.3 is 19.5 Å². The van der Waals surface area contributed by atoms with E-state index in [-0.39, 0.29) is 29.6 Å². The maximum atomic E-state index is 13.3. The molecule has 1 aliphatic rings. The summed E-state index contributed by atoms with van der Waals surface area (Å²) in [6.07, 6.45) is 5.31. The molecule has 1 aromatic heterocycles. The van der Waals surface area contributed by atoms with Crippen molar-refractivity contribution in [2.24, 2.45) is 0 Å². The molecule has 1 saturated carbocycles. The van der Waals surface area contributed by atoms with E-state index in [1.165, 1.54) is 24.9 Å². The lowest BCUT2D eigenvalue weighted by Crippen LogP contribution is -2.49. The summed E-state index contributed by atoms with van der Waals surface area (Å²) >= 11 is 1.24. The van der Waals surface area contributed by atoms with E-state index in [1.807, 2.05) is 49.9 Å². The molecule has 0 radical (unpaired) electrons. The Labute approximate surface area is 229 Å². The molecule has 2 amide bonds. The normalized spacial score (nSPS) is 14.2. The molecule has 0 atom stereocenters. The lowest BCUT2D eigenvalue weighted by Gasteiger charge is -2.35. The monoisotopic (exact) mass is 544 g/mol. The molecule has 0 bridgehead atoms. The molecule has 8 nitrogen and oxygen atoms in total. The molecule has 0 spiro atoms. The first-order valence-electron chi connectivity index (χ1n) is 13.2. The highest BCUT2D eigenvalue weighted by Gasteiger charge is 2.29. The highest BCUT2D eigenvalue weighted by atomic mass is 32.1. The fourth-order valence-electron chi connectivity index (χ4n) is 4.62. The second-order valence-electron chi connectivity index (χ2n) is 10.9.